The molecular weight excluding hydrogens is 244 g/mol. The molecular formula is C14H18N2OS. The molecule has 0 radical (unpaired) electrons. The minimum Gasteiger partial charge on any atom is -0.459 e. The van der Waals surface area contributed by atoms with Crippen molar-refractivity contribution in [2.24, 2.45) is 11.8 Å². The van der Waals surface area contributed by atoms with Gasteiger partial charge in [0.25, 0.3) is 0 Å². The van der Waals surface area contributed by atoms with Crippen molar-refractivity contribution < 1.29 is 4.42 Å². The summed E-state index contributed by atoms with van der Waals surface area (Å²) in [5.41, 5.74) is 5.13. The average Bonchev–Trinajstić information content (AvgIpc) is 2.98. The number of aryl methyl sites for hydroxylation is 1. The molecule has 0 spiro atoms. The van der Waals surface area contributed by atoms with Crippen LogP contribution in [0.2, 0.25) is 0 Å². The third-order valence-electron chi connectivity index (χ3n) is 3.61. The molecule has 4 heteroatoms. The molecule has 2 aromatic rings. The number of fused-ring (bicyclic) bond motifs is 1. The maximum absolute atomic E-state index is 5.94. The van der Waals surface area contributed by atoms with Crippen molar-refractivity contribution in [2.45, 2.75) is 19.4 Å². The second-order valence-electron chi connectivity index (χ2n) is 4.96. The Morgan fingerprint density at radius 3 is 3.06 bits per heavy atom. The van der Waals surface area contributed by atoms with Crippen LogP contribution in [0, 0.1) is 12.8 Å². The number of nitrogens with two attached hydrogens (primary N) is 1. The van der Waals surface area contributed by atoms with Crippen LogP contribution in [0.1, 0.15) is 23.8 Å². The fourth-order valence-corrected chi connectivity index (χ4v) is 3.90. The highest BCUT2D eigenvalue weighted by Crippen LogP contribution is 2.35. The lowest BCUT2D eigenvalue weighted by atomic mass is 9.97. The van der Waals surface area contributed by atoms with Crippen LogP contribution in [-0.4, -0.2) is 11.5 Å². The first-order valence-electron chi connectivity index (χ1n) is 6.32. The van der Waals surface area contributed by atoms with Crippen LogP contribution in [0.15, 0.2) is 28.7 Å². The lowest BCUT2D eigenvalue weighted by Crippen LogP contribution is -2.33. The fourth-order valence-electron chi connectivity index (χ4n) is 2.60. The smallest absolute Gasteiger partial charge is 0.134 e. The molecule has 2 unspecified atom stereocenters. The minimum absolute atomic E-state index is 0.132. The molecule has 0 saturated carbocycles. The van der Waals surface area contributed by atoms with Crippen LogP contribution in [0.25, 0.3) is 11.0 Å². The van der Waals surface area contributed by atoms with Gasteiger partial charge in [0.15, 0.2) is 0 Å². The van der Waals surface area contributed by atoms with Gasteiger partial charge in [-0.1, -0.05) is 11.6 Å². The summed E-state index contributed by atoms with van der Waals surface area (Å²) in [5, 5.41) is 1.16. The van der Waals surface area contributed by atoms with Crippen LogP contribution < -0.4 is 11.3 Å². The van der Waals surface area contributed by atoms with Crippen molar-refractivity contribution >= 4 is 22.7 Å². The Bertz CT molecular complexity index is 546. The Morgan fingerprint density at radius 2 is 2.33 bits per heavy atom. The standard InChI is InChI=1S/C14H18N2OS/c1-9-2-3-12-11(6-9)7-13(17-12)14(16-15)10-4-5-18-8-10/h2-3,6-7,10,14,16H,4-5,8,15H2,1H3. The van der Waals surface area contributed by atoms with Crippen LogP contribution in [-0.2, 0) is 0 Å². The summed E-state index contributed by atoms with van der Waals surface area (Å²) in [6, 6.07) is 8.51. The Kier molecular flexibility index (Phi) is 3.33. The summed E-state index contributed by atoms with van der Waals surface area (Å²) in [4.78, 5) is 0. The molecule has 1 saturated heterocycles. The van der Waals surface area contributed by atoms with Gasteiger partial charge in [-0.15, -0.1) is 0 Å². The van der Waals surface area contributed by atoms with E-state index in [1.165, 1.54) is 17.7 Å². The topological polar surface area (TPSA) is 51.2 Å². The number of rotatable bonds is 3. The summed E-state index contributed by atoms with van der Waals surface area (Å²) in [6.45, 7) is 2.10. The van der Waals surface area contributed by atoms with Crippen molar-refractivity contribution in [3.8, 4) is 0 Å². The van der Waals surface area contributed by atoms with Crippen molar-refractivity contribution in [3.05, 3.63) is 35.6 Å². The number of nitrogens with one attached hydrogen (secondary N) is 1. The monoisotopic (exact) mass is 262 g/mol. The Balaban J connectivity index is 1.96. The third-order valence-corrected chi connectivity index (χ3v) is 4.80. The average molecular weight is 262 g/mol. The normalized spacial score (nSPS) is 21.6. The largest absolute Gasteiger partial charge is 0.459 e. The van der Waals surface area contributed by atoms with Gasteiger partial charge in [-0.2, -0.15) is 11.8 Å². The van der Waals surface area contributed by atoms with Crippen molar-refractivity contribution in [1.29, 1.82) is 0 Å². The van der Waals surface area contributed by atoms with Crippen LogP contribution in [0.3, 0.4) is 0 Å². The number of hydrogen-bond donors (Lipinski definition) is 2. The van der Waals surface area contributed by atoms with Crippen LogP contribution in [0.4, 0.5) is 0 Å². The number of benzene rings is 1. The van der Waals surface area contributed by atoms with E-state index in [2.05, 4.69) is 30.5 Å². The van der Waals surface area contributed by atoms with Gasteiger partial charge in [0, 0.05) is 5.39 Å². The van der Waals surface area contributed by atoms with E-state index >= 15 is 0 Å². The number of furan rings is 1. The van der Waals surface area contributed by atoms with E-state index in [1.807, 2.05) is 17.8 Å². The summed E-state index contributed by atoms with van der Waals surface area (Å²) < 4.78 is 5.94. The predicted octanol–water partition coefficient (Wildman–Crippen LogP) is 3.00. The first-order chi connectivity index (χ1) is 8.78. The van der Waals surface area contributed by atoms with Crippen LogP contribution in [0.5, 0.6) is 0 Å². The van der Waals surface area contributed by atoms with Gasteiger partial charge >= 0.3 is 0 Å². The Morgan fingerprint density at radius 1 is 1.44 bits per heavy atom. The SMILES string of the molecule is Cc1ccc2oc(C(NN)C3CCSC3)cc2c1. The number of thioether (sulfide) groups is 1. The zero-order chi connectivity index (χ0) is 12.5. The maximum atomic E-state index is 5.94. The van der Waals surface area contributed by atoms with Gasteiger partial charge in [0.2, 0.25) is 0 Å². The van der Waals surface area contributed by atoms with E-state index in [0.29, 0.717) is 5.92 Å². The molecule has 0 bridgehead atoms. The second-order valence-corrected chi connectivity index (χ2v) is 6.11. The highest BCUT2D eigenvalue weighted by atomic mass is 32.2. The Hall–Kier alpha value is -0.970. The molecule has 3 N–H and O–H groups in total. The van der Waals surface area contributed by atoms with Gasteiger partial charge < -0.3 is 4.42 Å². The molecule has 3 nitrogen and oxygen atoms in total. The fraction of sp³-hybridized carbons (Fsp3) is 0.429. The summed E-state index contributed by atoms with van der Waals surface area (Å²) >= 11 is 1.99. The van der Waals surface area contributed by atoms with Gasteiger partial charge in [-0.05, 0) is 49.0 Å². The highest BCUT2D eigenvalue weighted by Gasteiger charge is 2.28. The maximum Gasteiger partial charge on any atom is 0.134 e. The highest BCUT2D eigenvalue weighted by molar-refractivity contribution is 7.99. The van der Waals surface area contributed by atoms with Crippen molar-refractivity contribution in [1.82, 2.24) is 5.43 Å². The van der Waals surface area contributed by atoms with Gasteiger partial charge in [-0.3, -0.25) is 5.84 Å². The molecule has 1 aliphatic heterocycles. The van der Waals surface area contributed by atoms with Crippen molar-refractivity contribution in [2.75, 3.05) is 11.5 Å². The quantitative estimate of drug-likeness (QED) is 0.659. The van der Waals surface area contributed by atoms with E-state index < -0.39 is 0 Å². The molecule has 3 rings (SSSR count). The predicted molar refractivity (Wildman–Crippen MR) is 76.4 cm³/mol. The van der Waals surface area contributed by atoms with E-state index in [9.17, 15) is 0 Å². The molecule has 1 fully saturated rings. The lowest BCUT2D eigenvalue weighted by Gasteiger charge is -2.19. The molecule has 0 amide bonds. The Labute approximate surface area is 111 Å². The minimum atomic E-state index is 0.132. The van der Waals surface area contributed by atoms with E-state index in [-0.39, 0.29) is 6.04 Å². The lowest BCUT2D eigenvalue weighted by molar-refractivity contribution is 0.342. The molecule has 18 heavy (non-hydrogen) atoms. The van der Waals surface area contributed by atoms with Crippen LogP contribution >= 0.6 is 11.8 Å². The van der Waals surface area contributed by atoms with Gasteiger partial charge in [0.1, 0.15) is 11.3 Å². The summed E-state index contributed by atoms with van der Waals surface area (Å²) in [5.74, 6) is 9.63. The number of hydrazine groups is 1. The first-order valence-corrected chi connectivity index (χ1v) is 7.47. The van der Waals surface area contributed by atoms with Gasteiger partial charge in [-0.25, -0.2) is 5.43 Å². The summed E-state index contributed by atoms with van der Waals surface area (Å²) in [6.07, 6.45) is 1.20. The molecule has 1 aromatic heterocycles. The zero-order valence-electron chi connectivity index (χ0n) is 10.5. The third kappa shape index (κ3) is 2.16. The van der Waals surface area contributed by atoms with E-state index in [1.54, 1.807) is 0 Å². The summed E-state index contributed by atoms with van der Waals surface area (Å²) in [7, 11) is 0. The molecule has 1 aliphatic rings. The molecule has 2 atom stereocenters. The second kappa shape index (κ2) is 4.96. The molecule has 2 heterocycles. The molecule has 0 aliphatic carbocycles. The molecule has 96 valence electrons. The number of hydrogen-bond acceptors (Lipinski definition) is 4. The molecule has 1 aromatic carbocycles. The van der Waals surface area contributed by atoms with Crippen molar-refractivity contribution in [3.63, 3.8) is 0 Å². The van der Waals surface area contributed by atoms with E-state index in [0.717, 1.165) is 22.5 Å². The zero-order valence-corrected chi connectivity index (χ0v) is 11.3. The van der Waals surface area contributed by atoms with E-state index in [4.69, 9.17) is 10.3 Å². The first kappa shape index (κ1) is 12.1. The van der Waals surface area contributed by atoms with Gasteiger partial charge in [0.05, 0.1) is 6.04 Å².